The minimum atomic E-state index is -0.447. The van der Waals surface area contributed by atoms with Gasteiger partial charge in [-0.1, -0.05) is 12.1 Å². The second-order valence-electron chi connectivity index (χ2n) is 10.4. The quantitative estimate of drug-likeness (QED) is 0.414. The van der Waals surface area contributed by atoms with Crippen LogP contribution in [0.2, 0.25) is 0 Å². The van der Waals surface area contributed by atoms with Crippen molar-refractivity contribution in [3.8, 4) is 0 Å². The predicted molar refractivity (Wildman–Crippen MR) is 131 cm³/mol. The molecule has 172 valence electrons. The first kappa shape index (κ1) is 24.3. The summed E-state index contributed by atoms with van der Waals surface area (Å²) in [5.74, 6) is 0.386. The summed E-state index contributed by atoms with van der Waals surface area (Å²) in [6, 6.07) is 8.06. The maximum atomic E-state index is 12.2. The molecule has 0 radical (unpaired) electrons. The standard InChI is InChI=1S/C25H35BN2O4/c1-10-30-22(29)16(2)13-18-14-17-15-19(26-31-24(6,7)25(8,9)32-26)11-12-20(17)27-21(18)28-23(3,4)5/h11-15H,10H2,1-9H3,(H,27,28)/b16-13+. The highest BCUT2D eigenvalue weighted by atomic mass is 16.7. The summed E-state index contributed by atoms with van der Waals surface area (Å²) in [4.78, 5) is 17.0. The van der Waals surface area contributed by atoms with Gasteiger partial charge in [-0.05, 0) is 86.0 Å². The van der Waals surface area contributed by atoms with Gasteiger partial charge in [0.1, 0.15) is 5.82 Å². The van der Waals surface area contributed by atoms with Gasteiger partial charge in [0.2, 0.25) is 0 Å². The maximum absolute atomic E-state index is 12.2. The van der Waals surface area contributed by atoms with Gasteiger partial charge in [0.15, 0.2) is 0 Å². The van der Waals surface area contributed by atoms with Gasteiger partial charge in [-0.3, -0.25) is 0 Å². The number of nitrogens with one attached hydrogen (secondary N) is 1. The summed E-state index contributed by atoms with van der Waals surface area (Å²) in [6.07, 6.45) is 1.82. The van der Waals surface area contributed by atoms with E-state index in [-0.39, 0.29) is 11.5 Å². The second kappa shape index (κ2) is 8.52. The van der Waals surface area contributed by atoms with Crippen LogP contribution in [0.5, 0.6) is 0 Å². The molecule has 2 aromatic rings. The largest absolute Gasteiger partial charge is 0.494 e. The number of nitrogens with zero attached hydrogens (tertiary/aromatic N) is 1. The summed E-state index contributed by atoms with van der Waals surface area (Å²) in [5, 5.41) is 4.40. The Morgan fingerprint density at radius 1 is 1.16 bits per heavy atom. The van der Waals surface area contributed by atoms with Crippen molar-refractivity contribution in [1.29, 1.82) is 0 Å². The fourth-order valence-electron chi connectivity index (χ4n) is 3.44. The molecule has 0 saturated carbocycles. The van der Waals surface area contributed by atoms with Crippen LogP contribution in [0.1, 0.15) is 67.9 Å². The van der Waals surface area contributed by atoms with Crippen LogP contribution < -0.4 is 10.8 Å². The number of carbonyl (C=O) groups excluding carboxylic acids is 1. The number of carbonyl (C=O) groups is 1. The van der Waals surface area contributed by atoms with E-state index in [2.05, 4.69) is 26.1 Å². The van der Waals surface area contributed by atoms with Crippen LogP contribution in [0.3, 0.4) is 0 Å². The molecule has 1 aromatic heterocycles. The molecule has 0 bridgehead atoms. The molecule has 0 amide bonds. The van der Waals surface area contributed by atoms with Crippen LogP contribution in [0.25, 0.3) is 17.0 Å². The molecule has 0 aliphatic carbocycles. The van der Waals surface area contributed by atoms with Crippen molar-refractivity contribution in [2.24, 2.45) is 0 Å². The van der Waals surface area contributed by atoms with Crippen molar-refractivity contribution in [1.82, 2.24) is 4.98 Å². The van der Waals surface area contributed by atoms with Gasteiger partial charge in [0.25, 0.3) is 0 Å². The van der Waals surface area contributed by atoms with Gasteiger partial charge in [-0.15, -0.1) is 0 Å². The van der Waals surface area contributed by atoms with Gasteiger partial charge in [-0.25, -0.2) is 9.78 Å². The number of pyridine rings is 1. The number of ether oxygens (including phenoxy) is 1. The molecule has 0 unspecified atom stereocenters. The molecular formula is C25H35BN2O4. The fraction of sp³-hybridized carbons (Fsp3) is 0.520. The molecular weight excluding hydrogens is 403 g/mol. The minimum absolute atomic E-state index is 0.191. The summed E-state index contributed by atoms with van der Waals surface area (Å²) < 4.78 is 17.6. The van der Waals surface area contributed by atoms with E-state index in [9.17, 15) is 4.79 Å². The van der Waals surface area contributed by atoms with Crippen molar-refractivity contribution in [3.63, 3.8) is 0 Å². The molecule has 1 aliphatic rings. The van der Waals surface area contributed by atoms with Crippen LogP contribution in [-0.4, -0.2) is 41.4 Å². The van der Waals surface area contributed by atoms with Gasteiger partial charge >= 0.3 is 13.1 Å². The Kier molecular flexibility index (Phi) is 6.46. The molecule has 1 aromatic carbocycles. The first-order valence-electron chi connectivity index (χ1n) is 11.2. The van der Waals surface area contributed by atoms with Crippen molar-refractivity contribution in [2.45, 2.75) is 79.1 Å². The minimum Gasteiger partial charge on any atom is -0.463 e. The highest BCUT2D eigenvalue weighted by molar-refractivity contribution is 6.62. The maximum Gasteiger partial charge on any atom is 0.494 e. The van der Waals surface area contributed by atoms with Crippen molar-refractivity contribution in [2.75, 3.05) is 11.9 Å². The number of hydrogen-bond acceptors (Lipinski definition) is 6. The first-order valence-corrected chi connectivity index (χ1v) is 11.2. The van der Waals surface area contributed by atoms with E-state index in [0.717, 1.165) is 27.7 Å². The number of benzene rings is 1. The number of rotatable bonds is 5. The van der Waals surface area contributed by atoms with Crippen molar-refractivity contribution < 1.29 is 18.8 Å². The van der Waals surface area contributed by atoms with E-state index >= 15 is 0 Å². The van der Waals surface area contributed by atoms with E-state index in [1.807, 2.05) is 58.0 Å². The molecule has 2 heterocycles. The third-order valence-electron chi connectivity index (χ3n) is 5.86. The number of aromatic nitrogens is 1. The Morgan fingerprint density at radius 2 is 1.78 bits per heavy atom. The SMILES string of the molecule is CCOC(=O)/C(C)=C/c1cc2cc(B3OC(C)(C)C(C)(C)O3)ccc2nc1NC(C)(C)C. The van der Waals surface area contributed by atoms with Crippen LogP contribution in [0.4, 0.5) is 5.82 Å². The average Bonchev–Trinajstić information content (AvgIpc) is 2.88. The van der Waals surface area contributed by atoms with Crippen LogP contribution in [0.15, 0.2) is 29.8 Å². The van der Waals surface area contributed by atoms with Gasteiger partial charge in [-0.2, -0.15) is 0 Å². The molecule has 1 aliphatic heterocycles. The van der Waals surface area contributed by atoms with Crippen molar-refractivity contribution >= 4 is 41.3 Å². The Hall–Kier alpha value is -2.38. The lowest BCUT2D eigenvalue weighted by molar-refractivity contribution is -0.138. The molecule has 0 spiro atoms. The Labute approximate surface area is 191 Å². The highest BCUT2D eigenvalue weighted by Gasteiger charge is 2.51. The normalized spacial score (nSPS) is 18.2. The van der Waals surface area contributed by atoms with Crippen LogP contribution in [-0.2, 0) is 18.8 Å². The monoisotopic (exact) mass is 438 g/mol. The van der Waals surface area contributed by atoms with Crippen molar-refractivity contribution in [3.05, 3.63) is 35.4 Å². The molecule has 1 saturated heterocycles. The zero-order chi connectivity index (χ0) is 23.9. The lowest BCUT2D eigenvalue weighted by Crippen LogP contribution is -2.41. The van der Waals surface area contributed by atoms with Gasteiger partial charge in [0, 0.05) is 22.1 Å². The molecule has 32 heavy (non-hydrogen) atoms. The fourth-order valence-corrected chi connectivity index (χ4v) is 3.44. The van der Waals surface area contributed by atoms with Crippen LogP contribution in [0, 0.1) is 0 Å². The number of fused-ring (bicyclic) bond motifs is 1. The highest BCUT2D eigenvalue weighted by Crippen LogP contribution is 2.36. The van der Waals surface area contributed by atoms with E-state index in [0.29, 0.717) is 12.2 Å². The van der Waals surface area contributed by atoms with Gasteiger partial charge < -0.3 is 19.4 Å². The van der Waals surface area contributed by atoms with E-state index in [1.54, 1.807) is 13.8 Å². The molecule has 3 rings (SSSR count). The Morgan fingerprint density at radius 3 is 2.34 bits per heavy atom. The van der Waals surface area contributed by atoms with Crippen LogP contribution >= 0.6 is 0 Å². The summed E-state index contributed by atoms with van der Waals surface area (Å²) in [6.45, 7) is 18.3. The summed E-state index contributed by atoms with van der Waals surface area (Å²) >= 11 is 0. The third-order valence-corrected chi connectivity index (χ3v) is 5.86. The molecule has 1 fully saturated rings. The number of hydrogen-bond donors (Lipinski definition) is 1. The third kappa shape index (κ3) is 5.16. The first-order chi connectivity index (χ1) is 14.7. The average molecular weight is 438 g/mol. The molecule has 7 heteroatoms. The van der Waals surface area contributed by atoms with E-state index in [1.165, 1.54) is 0 Å². The smallest absolute Gasteiger partial charge is 0.463 e. The second-order valence-corrected chi connectivity index (χ2v) is 10.4. The number of esters is 1. The topological polar surface area (TPSA) is 69.7 Å². The molecule has 1 N–H and O–H groups in total. The lowest BCUT2D eigenvalue weighted by atomic mass is 9.78. The van der Waals surface area contributed by atoms with E-state index < -0.39 is 18.3 Å². The molecule has 0 atom stereocenters. The summed E-state index contributed by atoms with van der Waals surface area (Å²) in [7, 11) is -0.447. The summed E-state index contributed by atoms with van der Waals surface area (Å²) in [5.41, 5.74) is 2.13. The number of anilines is 1. The zero-order valence-electron chi connectivity index (χ0n) is 20.8. The van der Waals surface area contributed by atoms with E-state index in [4.69, 9.17) is 19.0 Å². The zero-order valence-corrected chi connectivity index (χ0v) is 20.8. The Bertz CT molecular complexity index is 1040. The lowest BCUT2D eigenvalue weighted by Gasteiger charge is -2.32. The predicted octanol–water partition coefficient (Wildman–Crippen LogP) is 4.71. The van der Waals surface area contributed by atoms with Gasteiger partial charge in [0.05, 0.1) is 23.3 Å². The Balaban J connectivity index is 2.06. The molecule has 6 nitrogen and oxygen atoms in total.